The molecule has 0 saturated heterocycles. The lowest BCUT2D eigenvalue weighted by atomic mass is 9.99. The minimum absolute atomic E-state index is 0.0236. The Hall–Kier alpha value is -1.06. The predicted molar refractivity (Wildman–Crippen MR) is 58.8 cm³/mol. The van der Waals surface area contributed by atoms with Crippen LogP contribution in [0.4, 0.5) is 0 Å². The molecule has 0 bridgehead atoms. The highest BCUT2D eigenvalue weighted by Crippen LogP contribution is 2.27. The normalized spacial score (nSPS) is 20.1. The molecular weight excluding hydrogens is 190 g/mol. The third-order valence-corrected chi connectivity index (χ3v) is 2.44. The molecular formula is C12H17NO2. The van der Waals surface area contributed by atoms with Crippen molar-refractivity contribution in [3.8, 4) is 5.75 Å². The van der Waals surface area contributed by atoms with Crippen molar-refractivity contribution < 1.29 is 9.47 Å². The molecule has 1 aliphatic rings. The van der Waals surface area contributed by atoms with Gasteiger partial charge in [-0.15, -0.1) is 0 Å². The summed E-state index contributed by atoms with van der Waals surface area (Å²) in [5, 5.41) is 0. The quantitative estimate of drug-likeness (QED) is 0.806. The summed E-state index contributed by atoms with van der Waals surface area (Å²) in [4.78, 5) is 0. The van der Waals surface area contributed by atoms with Gasteiger partial charge in [-0.2, -0.15) is 0 Å². The molecule has 1 aromatic rings. The van der Waals surface area contributed by atoms with Crippen molar-refractivity contribution in [2.75, 3.05) is 6.61 Å². The fourth-order valence-corrected chi connectivity index (χ4v) is 1.78. The van der Waals surface area contributed by atoms with Crippen molar-refractivity contribution in [3.63, 3.8) is 0 Å². The zero-order valence-corrected chi connectivity index (χ0v) is 9.19. The summed E-state index contributed by atoms with van der Waals surface area (Å²) in [6.07, 6.45) is 0.194. The monoisotopic (exact) mass is 207 g/mol. The van der Waals surface area contributed by atoms with Crippen LogP contribution < -0.4 is 10.5 Å². The Balaban J connectivity index is 2.27. The largest absolute Gasteiger partial charge is 0.491 e. The van der Waals surface area contributed by atoms with E-state index in [1.54, 1.807) is 0 Å². The van der Waals surface area contributed by atoms with Crippen LogP contribution in [-0.2, 0) is 11.3 Å². The number of nitrogens with two attached hydrogens (primary N) is 1. The fraction of sp³-hybridized carbons (Fsp3) is 0.500. The highest BCUT2D eigenvalue weighted by molar-refractivity contribution is 5.38. The van der Waals surface area contributed by atoms with Gasteiger partial charge in [-0.3, -0.25) is 0 Å². The number of hydrogen-bond donors (Lipinski definition) is 1. The number of hydrogen-bond acceptors (Lipinski definition) is 3. The summed E-state index contributed by atoms with van der Waals surface area (Å²) < 4.78 is 11.0. The summed E-state index contributed by atoms with van der Waals surface area (Å²) in [6, 6.07) is 6.01. The van der Waals surface area contributed by atoms with Gasteiger partial charge in [0.05, 0.1) is 25.4 Å². The molecule has 0 amide bonds. The van der Waals surface area contributed by atoms with E-state index in [-0.39, 0.29) is 12.1 Å². The topological polar surface area (TPSA) is 44.5 Å². The molecule has 0 aromatic heterocycles. The van der Waals surface area contributed by atoms with Crippen molar-refractivity contribution in [1.82, 2.24) is 0 Å². The Morgan fingerprint density at radius 3 is 3.00 bits per heavy atom. The van der Waals surface area contributed by atoms with Crippen molar-refractivity contribution in [3.05, 3.63) is 29.3 Å². The summed E-state index contributed by atoms with van der Waals surface area (Å²) in [5.74, 6) is 0.890. The average Bonchev–Trinajstić information content (AvgIpc) is 2.18. The number of rotatable bonds is 2. The third kappa shape index (κ3) is 2.30. The maximum absolute atomic E-state index is 5.97. The van der Waals surface area contributed by atoms with Crippen molar-refractivity contribution >= 4 is 0 Å². The van der Waals surface area contributed by atoms with Crippen molar-refractivity contribution in [1.29, 1.82) is 0 Å². The molecule has 0 aliphatic carbocycles. The molecule has 0 fully saturated rings. The van der Waals surface area contributed by atoms with E-state index in [1.807, 2.05) is 32.0 Å². The Morgan fingerprint density at radius 1 is 1.47 bits per heavy atom. The molecule has 2 N–H and O–H groups in total. The van der Waals surface area contributed by atoms with Crippen LogP contribution >= 0.6 is 0 Å². The molecule has 3 nitrogen and oxygen atoms in total. The Kier molecular flexibility index (Phi) is 2.93. The van der Waals surface area contributed by atoms with E-state index < -0.39 is 0 Å². The number of benzene rings is 1. The van der Waals surface area contributed by atoms with E-state index in [2.05, 4.69) is 0 Å². The minimum atomic E-state index is -0.0236. The predicted octanol–water partition coefficient (Wildman–Crippen LogP) is 2.00. The van der Waals surface area contributed by atoms with Gasteiger partial charge in [0.15, 0.2) is 0 Å². The van der Waals surface area contributed by atoms with Gasteiger partial charge >= 0.3 is 0 Å². The first kappa shape index (κ1) is 10.5. The first-order chi connectivity index (χ1) is 7.16. The molecule has 0 radical (unpaired) electrons. The lowest BCUT2D eigenvalue weighted by Gasteiger charge is -2.23. The molecule has 1 aliphatic heterocycles. The molecule has 2 rings (SSSR count). The van der Waals surface area contributed by atoms with Crippen molar-refractivity contribution in [2.24, 2.45) is 5.73 Å². The highest BCUT2D eigenvalue weighted by atomic mass is 16.5. The number of ether oxygens (including phenoxy) is 2. The van der Waals surface area contributed by atoms with Gasteiger partial charge in [-0.1, -0.05) is 6.07 Å². The van der Waals surface area contributed by atoms with E-state index in [1.165, 1.54) is 5.56 Å². The smallest absolute Gasteiger partial charge is 0.120 e. The molecule has 1 aromatic carbocycles. The molecule has 1 atom stereocenters. The minimum Gasteiger partial charge on any atom is -0.491 e. The molecule has 82 valence electrons. The molecule has 3 heteroatoms. The van der Waals surface area contributed by atoms with Crippen LogP contribution in [0.3, 0.4) is 0 Å². The van der Waals surface area contributed by atoms with Crippen molar-refractivity contribution in [2.45, 2.75) is 32.6 Å². The van der Waals surface area contributed by atoms with E-state index in [0.717, 1.165) is 11.3 Å². The van der Waals surface area contributed by atoms with Gasteiger partial charge in [0.25, 0.3) is 0 Å². The van der Waals surface area contributed by atoms with E-state index in [4.69, 9.17) is 15.2 Å². The van der Waals surface area contributed by atoms with Gasteiger partial charge in [0.2, 0.25) is 0 Å². The van der Waals surface area contributed by atoms with E-state index >= 15 is 0 Å². The van der Waals surface area contributed by atoms with E-state index in [9.17, 15) is 0 Å². The molecule has 0 saturated carbocycles. The Morgan fingerprint density at radius 2 is 2.27 bits per heavy atom. The lowest BCUT2D eigenvalue weighted by Crippen LogP contribution is -2.23. The van der Waals surface area contributed by atoms with Crippen LogP contribution in [-0.4, -0.2) is 12.7 Å². The summed E-state index contributed by atoms with van der Waals surface area (Å²) in [5.41, 5.74) is 8.29. The van der Waals surface area contributed by atoms with E-state index in [0.29, 0.717) is 13.2 Å². The van der Waals surface area contributed by atoms with Gasteiger partial charge < -0.3 is 15.2 Å². The summed E-state index contributed by atoms with van der Waals surface area (Å²) >= 11 is 0. The fourth-order valence-electron chi connectivity index (χ4n) is 1.78. The first-order valence-corrected chi connectivity index (χ1v) is 5.29. The molecule has 15 heavy (non-hydrogen) atoms. The second-order valence-electron chi connectivity index (χ2n) is 4.15. The van der Waals surface area contributed by atoms with Crippen LogP contribution in [0.15, 0.2) is 18.2 Å². The second-order valence-corrected chi connectivity index (χ2v) is 4.15. The third-order valence-electron chi connectivity index (χ3n) is 2.44. The van der Waals surface area contributed by atoms with Gasteiger partial charge in [-0.25, -0.2) is 0 Å². The highest BCUT2D eigenvalue weighted by Gasteiger charge is 2.17. The Labute approximate surface area is 90.2 Å². The van der Waals surface area contributed by atoms with Gasteiger partial charge in [-0.05, 0) is 37.1 Å². The van der Waals surface area contributed by atoms with Gasteiger partial charge in [0, 0.05) is 0 Å². The van der Waals surface area contributed by atoms with Crippen LogP contribution in [0.1, 0.15) is 31.0 Å². The van der Waals surface area contributed by atoms with Crippen LogP contribution in [0.25, 0.3) is 0 Å². The van der Waals surface area contributed by atoms with Gasteiger partial charge in [0.1, 0.15) is 5.75 Å². The first-order valence-electron chi connectivity index (χ1n) is 5.29. The summed E-state index contributed by atoms with van der Waals surface area (Å²) in [7, 11) is 0. The Bertz CT molecular complexity index is 349. The maximum Gasteiger partial charge on any atom is 0.120 e. The van der Waals surface area contributed by atoms with Crippen LogP contribution in [0.2, 0.25) is 0 Å². The standard InChI is InChI=1S/C12H17NO2/c1-8(2)15-10-4-3-9-6-14-7-12(13)11(9)5-10/h3-5,8,12H,6-7,13H2,1-2H3/t12-/m1/s1. The lowest BCUT2D eigenvalue weighted by molar-refractivity contribution is 0.0921. The second kappa shape index (κ2) is 4.21. The maximum atomic E-state index is 5.97. The molecule has 0 unspecified atom stereocenters. The SMILES string of the molecule is CC(C)Oc1ccc2c(c1)[C@H](N)COC2. The summed E-state index contributed by atoms with van der Waals surface area (Å²) in [6.45, 7) is 5.29. The number of fused-ring (bicyclic) bond motifs is 1. The zero-order valence-electron chi connectivity index (χ0n) is 9.19. The molecule has 1 heterocycles. The molecule has 0 spiro atoms. The van der Waals surface area contributed by atoms with Crippen LogP contribution in [0.5, 0.6) is 5.75 Å². The van der Waals surface area contributed by atoms with Crippen LogP contribution in [0, 0.1) is 0 Å². The zero-order chi connectivity index (χ0) is 10.8. The average molecular weight is 207 g/mol.